The lowest BCUT2D eigenvalue weighted by Crippen LogP contribution is -1.98. The summed E-state index contributed by atoms with van der Waals surface area (Å²) in [6.07, 6.45) is 1.90. The van der Waals surface area contributed by atoms with Crippen LogP contribution >= 0.6 is 24.0 Å². The van der Waals surface area contributed by atoms with Gasteiger partial charge in [-0.25, -0.2) is 0 Å². The number of hydrogen-bond donors (Lipinski definition) is 1. The first kappa shape index (κ1) is 21.7. The molecule has 158 valence electrons. The number of hydrogen-bond acceptors (Lipinski definition) is 2. The molecule has 0 aliphatic carbocycles. The highest BCUT2D eigenvalue weighted by molar-refractivity contribution is 6.30. The molecule has 4 aromatic carbocycles. The second kappa shape index (κ2) is 9.73. The number of aromatic nitrogens is 1. The first-order valence-electron chi connectivity index (χ1n) is 10.1. The van der Waals surface area contributed by atoms with E-state index in [0.717, 1.165) is 39.1 Å². The third-order valence-electron chi connectivity index (χ3n) is 5.21. The van der Waals surface area contributed by atoms with Crippen molar-refractivity contribution < 1.29 is 0 Å². The van der Waals surface area contributed by atoms with E-state index in [4.69, 9.17) is 11.6 Å². The molecule has 32 heavy (non-hydrogen) atoms. The summed E-state index contributed by atoms with van der Waals surface area (Å²) in [6, 6.07) is 36.8. The molecule has 0 saturated heterocycles. The summed E-state index contributed by atoms with van der Waals surface area (Å²) < 4.78 is 2.30. The molecular formula is C27H21Cl2N3. The van der Waals surface area contributed by atoms with Crippen LogP contribution in [0, 0.1) is 0 Å². The summed E-state index contributed by atoms with van der Waals surface area (Å²) >= 11 is 5.99. The molecule has 5 aromatic rings. The Morgan fingerprint density at radius 3 is 2.06 bits per heavy atom. The van der Waals surface area contributed by atoms with E-state index >= 15 is 0 Å². The number of hydrazone groups is 1. The van der Waals surface area contributed by atoms with Gasteiger partial charge in [0.2, 0.25) is 0 Å². The van der Waals surface area contributed by atoms with Crippen LogP contribution in [0.4, 0.5) is 5.69 Å². The minimum atomic E-state index is 0. The number of anilines is 1. The summed E-state index contributed by atoms with van der Waals surface area (Å²) in [5.74, 6) is 0. The van der Waals surface area contributed by atoms with E-state index in [1.165, 1.54) is 0 Å². The van der Waals surface area contributed by atoms with Crippen molar-refractivity contribution in [2.75, 3.05) is 5.43 Å². The van der Waals surface area contributed by atoms with Crippen molar-refractivity contribution >= 4 is 46.8 Å². The zero-order valence-electron chi connectivity index (χ0n) is 17.2. The fourth-order valence-electron chi connectivity index (χ4n) is 3.82. The average Bonchev–Trinajstić information content (AvgIpc) is 3.16. The van der Waals surface area contributed by atoms with Crippen LogP contribution in [-0.2, 0) is 0 Å². The van der Waals surface area contributed by atoms with Gasteiger partial charge >= 0.3 is 0 Å². The van der Waals surface area contributed by atoms with Crippen LogP contribution in [0.15, 0.2) is 114 Å². The lowest BCUT2D eigenvalue weighted by Gasteiger charge is -2.12. The fraction of sp³-hybridized carbons (Fsp3) is 0. The smallest absolute Gasteiger partial charge is 0.0629 e. The molecule has 1 N–H and O–H groups in total. The van der Waals surface area contributed by atoms with E-state index in [2.05, 4.69) is 87.9 Å². The topological polar surface area (TPSA) is 29.3 Å². The van der Waals surface area contributed by atoms with Crippen molar-refractivity contribution in [2.24, 2.45) is 5.10 Å². The molecule has 0 aliphatic rings. The van der Waals surface area contributed by atoms with Crippen LogP contribution in [0.1, 0.15) is 5.56 Å². The number of nitrogens with one attached hydrogen (secondary N) is 1. The largest absolute Gasteiger partial charge is 0.309 e. The van der Waals surface area contributed by atoms with Crippen LogP contribution in [0.2, 0.25) is 5.02 Å². The Balaban J connectivity index is 0.00000245. The first-order valence-corrected chi connectivity index (χ1v) is 10.5. The molecular weight excluding hydrogens is 437 g/mol. The molecule has 1 heterocycles. The highest BCUT2D eigenvalue weighted by atomic mass is 35.5. The van der Waals surface area contributed by atoms with Crippen LogP contribution in [0.5, 0.6) is 0 Å². The van der Waals surface area contributed by atoms with E-state index in [1.54, 1.807) is 0 Å². The zero-order valence-corrected chi connectivity index (χ0v) is 18.7. The Morgan fingerprint density at radius 2 is 1.34 bits per heavy atom. The second-order valence-corrected chi connectivity index (χ2v) is 7.63. The monoisotopic (exact) mass is 457 g/mol. The normalized spacial score (nSPS) is 10.9. The van der Waals surface area contributed by atoms with Crippen molar-refractivity contribution in [3.8, 4) is 16.9 Å². The van der Waals surface area contributed by atoms with Gasteiger partial charge in [0.15, 0.2) is 0 Å². The van der Waals surface area contributed by atoms with Crippen LogP contribution in [0.25, 0.3) is 27.8 Å². The minimum Gasteiger partial charge on any atom is -0.309 e. The molecule has 0 radical (unpaired) electrons. The van der Waals surface area contributed by atoms with Gasteiger partial charge in [0.1, 0.15) is 0 Å². The number of fused-ring (bicyclic) bond motifs is 1. The lowest BCUT2D eigenvalue weighted by molar-refractivity contribution is 1.13. The van der Waals surface area contributed by atoms with Gasteiger partial charge in [-0.05, 0) is 48.0 Å². The second-order valence-electron chi connectivity index (χ2n) is 7.19. The maximum atomic E-state index is 5.99. The summed E-state index contributed by atoms with van der Waals surface area (Å²) in [4.78, 5) is 0. The highest BCUT2D eigenvalue weighted by Crippen LogP contribution is 2.35. The van der Waals surface area contributed by atoms with Gasteiger partial charge in [-0.15, -0.1) is 12.4 Å². The third-order valence-corrected chi connectivity index (χ3v) is 5.46. The fourth-order valence-corrected chi connectivity index (χ4v) is 3.94. The summed E-state index contributed by atoms with van der Waals surface area (Å²) in [5, 5.41) is 6.40. The molecule has 0 bridgehead atoms. The Kier molecular flexibility index (Phi) is 6.60. The molecule has 0 atom stereocenters. The van der Waals surface area contributed by atoms with Crippen LogP contribution in [-0.4, -0.2) is 10.8 Å². The maximum absolute atomic E-state index is 5.99. The van der Waals surface area contributed by atoms with Crippen molar-refractivity contribution in [2.45, 2.75) is 0 Å². The quantitative estimate of drug-likeness (QED) is 0.211. The van der Waals surface area contributed by atoms with Gasteiger partial charge in [-0.3, -0.25) is 5.43 Å². The van der Waals surface area contributed by atoms with Gasteiger partial charge in [-0.2, -0.15) is 5.10 Å². The van der Waals surface area contributed by atoms with Crippen LogP contribution in [0.3, 0.4) is 0 Å². The van der Waals surface area contributed by atoms with E-state index in [9.17, 15) is 0 Å². The molecule has 1 aromatic heterocycles. The van der Waals surface area contributed by atoms with Gasteiger partial charge in [-0.1, -0.05) is 78.3 Å². The maximum Gasteiger partial charge on any atom is 0.0629 e. The van der Waals surface area contributed by atoms with Crippen molar-refractivity contribution in [1.82, 2.24) is 4.57 Å². The lowest BCUT2D eigenvalue weighted by atomic mass is 10.1. The predicted molar refractivity (Wildman–Crippen MR) is 139 cm³/mol. The number of halogens is 2. The molecule has 5 heteroatoms. The number of rotatable bonds is 5. The summed E-state index contributed by atoms with van der Waals surface area (Å²) in [5.41, 5.74) is 9.55. The van der Waals surface area contributed by atoms with Gasteiger partial charge in [0.25, 0.3) is 0 Å². The molecule has 0 unspecified atom stereocenters. The third kappa shape index (κ3) is 4.26. The Labute approximate surface area is 198 Å². The minimum absolute atomic E-state index is 0. The predicted octanol–water partition coefficient (Wildman–Crippen LogP) is 7.82. The summed E-state index contributed by atoms with van der Waals surface area (Å²) in [6.45, 7) is 0. The average molecular weight is 458 g/mol. The molecule has 0 aliphatic heterocycles. The Hall–Kier alpha value is -3.53. The molecule has 3 nitrogen and oxygen atoms in total. The van der Waals surface area contributed by atoms with E-state index in [0.29, 0.717) is 5.02 Å². The number of para-hydroxylation sites is 2. The first-order chi connectivity index (χ1) is 15.3. The number of nitrogens with zero attached hydrogens (tertiary/aromatic N) is 2. The highest BCUT2D eigenvalue weighted by Gasteiger charge is 2.18. The molecule has 0 spiro atoms. The number of benzene rings is 4. The van der Waals surface area contributed by atoms with Gasteiger partial charge in [0.05, 0.1) is 23.1 Å². The van der Waals surface area contributed by atoms with Crippen molar-refractivity contribution in [3.05, 3.63) is 120 Å². The van der Waals surface area contributed by atoms with Crippen LogP contribution < -0.4 is 5.43 Å². The van der Waals surface area contributed by atoms with E-state index in [1.807, 2.05) is 42.6 Å². The van der Waals surface area contributed by atoms with Crippen molar-refractivity contribution in [1.29, 1.82) is 0 Å². The zero-order chi connectivity index (χ0) is 21.0. The van der Waals surface area contributed by atoms with Gasteiger partial charge in [0, 0.05) is 21.7 Å². The summed E-state index contributed by atoms with van der Waals surface area (Å²) in [7, 11) is 0. The molecule has 0 amide bonds. The SMILES string of the molecule is Cl.Clc1ccc(N/N=C/c2c(-c3ccccc3)n(-c3ccccc3)c3ccccc23)cc1. The van der Waals surface area contributed by atoms with E-state index < -0.39 is 0 Å². The van der Waals surface area contributed by atoms with E-state index in [-0.39, 0.29) is 12.4 Å². The molecule has 0 fully saturated rings. The van der Waals surface area contributed by atoms with Gasteiger partial charge < -0.3 is 4.57 Å². The Bertz CT molecular complexity index is 1340. The standard InChI is InChI=1S/C27H20ClN3.ClH/c28-21-15-17-22(18-16-21)30-29-19-25-24-13-7-8-14-26(24)31(23-11-5-2-6-12-23)27(25)20-9-3-1-4-10-20;/h1-19,30H;1H/b29-19+;. The van der Waals surface area contributed by atoms with Crippen molar-refractivity contribution in [3.63, 3.8) is 0 Å². The molecule has 0 saturated carbocycles. The Morgan fingerprint density at radius 1 is 0.719 bits per heavy atom. The molecule has 5 rings (SSSR count).